The van der Waals surface area contributed by atoms with Crippen LogP contribution in [-0.2, 0) is 0 Å². The monoisotopic (exact) mass is 259 g/mol. The van der Waals surface area contributed by atoms with Crippen LogP contribution in [0.2, 0.25) is 0 Å². The van der Waals surface area contributed by atoms with Gasteiger partial charge in [-0.25, -0.2) is 4.79 Å². The molecule has 0 fully saturated rings. The molecule has 0 aliphatic carbocycles. The Labute approximate surface area is 112 Å². The number of anilines is 1. The van der Waals surface area contributed by atoms with Crippen LogP contribution in [0.15, 0.2) is 54.6 Å². The van der Waals surface area contributed by atoms with E-state index in [1.54, 1.807) is 42.5 Å². The zero-order chi connectivity index (χ0) is 14.1. The van der Waals surface area contributed by atoms with Gasteiger partial charge >= 0.3 is 5.97 Å². The predicted octanol–water partition coefficient (Wildman–Crippen LogP) is 3.21. The van der Waals surface area contributed by atoms with Crippen LogP contribution in [0.3, 0.4) is 0 Å². The van der Waals surface area contributed by atoms with Crippen LogP contribution >= 0.6 is 0 Å². The Hall–Kier alpha value is -2.49. The molecule has 0 saturated heterocycles. The maximum absolute atomic E-state index is 10.5. The SMILES string of the molecule is CCNc1cccc(C(=O)O)c1.Oc1ccccc1. The Morgan fingerprint density at radius 1 is 1.11 bits per heavy atom. The van der Waals surface area contributed by atoms with Crippen LogP contribution in [0.5, 0.6) is 5.75 Å². The highest BCUT2D eigenvalue weighted by Crippen LogP contribution is 2.09. The molecule has 4 nitrogen and oxygen atoms in total. The molecule has 0 saturated carbocycles. The largest absolute Gasteiger partial charge is 0.508 e. The van der Waals surface area contributed by atoms with Crippen LogP contribution in [-0.4, -0.2) is 22.7 Å². The van der Waals surface area contributed by atoms with Crippen molar-refractivity contribution >= 4 is 11.7 Å². The molecule has 3 N–H and O–H groups in total. The van der Waals surface area contributed by atoms with Crippen LogP contribution < -0.4 is 5.32 Å². The van der Waals surface area contributed by atoms with Crippen molar-refractivity contribution in [3.8, 4) is 5.75 Å². The molecule has 0 radical (unpaired) electrons. The third-order valence-electron chi connectivity index (χ3n) is 2.25. The molecule has 0 spiro atoms. The zero-order valence-corrected chi connectivity index (χ0v) is 10.7. The number of para-hydroxylation sites is 1. The van der Waals surface area contributed by atoms with Gasteiger partial charge in [0.05, 0.1) is 5.56 Å². The van der Waals surface area contributed by atoms with Crippen molar-refractivity contribution in [3.05, 3.63) is 60.2 Å². The van der Waals surface area contributed by atoms with Crippen molar-refractivity contribution < 1.29 is 15.0 Å². The summed E-state index contributed by atoms with van der Waals surface area (Å²) in [4.78, 5) is 10.5. The van der Waals surface area contributed by atoms with E-state index in [1.165, 1.54) is 0 Å². The fourth-order valence-corrected chi connectivity index (χ4v) is 1.39. The number of aromatic carboxylic acids is 1. The van der Waals surface area contributed by atoms with Gasteiger partial charge in [-0.1, -0.05) is 24.3 Å². The second kappa shape index (κ2) is 7.76. The van der Waals surface area contributed by atoms with Gasteiger partial charge in [0, 0.05) is 12.2 Å². The summed E-state index contributed by atoms with van der Waals surface area (Å²) in [6.07, 6.45) is 0. The summed E-state index contributed by atoms with van der Waals surface area (Å²) in [5, 5.41) is 20.3. The number of nitrogens with one attached hydrogen (secondary N) is 1. The van der Waals surface area contributed by atoms with Gasteiger partial charge in [-0.05, 0) is 37.3 Å². The van der Waals surface area contributed by atoms with Gasteiger partial charge in [0.1, 0.15) is 5.75 Å². The summed E-state index contributed by atoms with van der Waals surface area (Å²) in [6.45, 7) is 2.76. The van der Waals surface area contributed by atoms with Gasteiger partial charge in [-0.2, -0.15) is 0 Å². The quantitative estimate of drug-likeness (QED) is 0.791. The number of phenols is 1. The Balaban J connectivity index is 0.000000218. The molecule has 0 amide bonds. The van der Waals surface area contributed by atoms with E-state index in [-0.39, 0.29) is 0 Å². The molecule has 0 aromatic heterocycles. The molecule has 19 heavy (non-hydrogen) atoms. The Kier molecular flexibility index (Phi) is 5.95. The number of hydrogen-bond donors (Lipinski definition) is 3. The second-order valence-electron chi connectivity index (χ2n) is 3.75. The third kappa shape index (κ3) is 5.59. The third-order valence-corrected chi connectivity index (χ3v) is 2.25. The molecule has 0 heterocycles. The maximum Gasteiger partial charge on any atom is 0.335 e. The standard InChI is InChI=1S/C9H11NO2.C6H6O/c1-2-10-8-5-3-4-7(6-8)9(11)12;7-6-4-2-1-3-5-6/h3-6,10H,2H2,1H3,(H,11,12);1-5,7H. The van der Waals surface area contributed by atoms with E-state index >= 15 is 0 Å². The minimum Gasteiger partial charge on any atom is -0.508 e. The normalized spacial score (nSPS) is 9.11. The zero-order valence-electron chi connectivity index (χ0n) is 10.7. The van der Waals surface area contributed by atoms with E-state index in [0.717, 1.165) is 12.2 Å². The summed E-state index contributed by atoms with van der Waals surface area (Å²) in [7, 11) is 0. The van der Waals surface area contributed by atoms with E-state index in [4.69, 9.17) is 10.2 Å². The van der Waals surface area contributed by atoms with Crippen LogP contribution in [0.25, 0.3) is 0 Å². The van der Waals surface area contributed by atoms with Crippen molar-refractivity contribution in [2.24, 2.45) is 0 Å². The second-order valence-corrected chi connectivity index (χ2v) is 3.75. The molecule has 2 aromatic carbocycles. The topological polar surface area (TPSA) is 69.6 Å². The molecule has 2 rings (SSSR count). The smallest absolute Gasteiger partial charge is 0.335 e. The van der Waals surface area contributed by atoms with Crippen molar-refractivity contribution in [2.45, 2.75) is 6.92 Å². The molecule has 0 aliphatic heterocycles. The number of carboxylic acids is 1. The van der Waals surface area contributed by atoms with Gasteiger partial charge in [0.25, 0.3) is 0 Å². The molecule has 0 aliphatic rings. The summed E-state index contributed by atoms with van der Waals surface area (Å²) < 4.78 is 0. The lowest BCUT2D eigenvalue weighted by molar-refractivity contribution is 0.0697. The van der Waals surface area contributed by atoms with Gasteiger partial charge in [-0.3, -0.25) is 0 Å². The number of phenolic OH excluding ortho intramolecular Hbond substituents is 1. The summed E-state index contributed by atoms with van der Waals surface area (Å²) in [5.41, 5.74) is 1.16. The van der Waals surface area contributed by atoms with Crippen LogP contribution in [0.1, 0.15) is 17.3 Å². The van der Waals surface area contributed by atoms with Crippen LogP contribution in [0, 0.1) is 0 Å². The average molecular weight is 259 g/mol. The first kappa shape index (κ1) is 14.6. The van der Waals surface area contributed by atoms with Gasteiger partial charge in [0.2, 0.25) is 0 Å². The number of aromatic hydroxyl groups is 1. The predicted molar refractivity (Wildman–Crippen MR) is 75.7 cm³/mol. The molecule has 100 valence electrons. The van der Waals surface area contributed by atoms with E-state index in [2.05, 4.69) is 5.32 Å². The number of carboxylic acid groups (broad SMARTS) is 1. The van der Waals surface area contributed by atoms with Crippen molar-refractivity contribution in [1.29, 1.82) is 0 Å². The van der Waals surface area contributed by atoms with Gasteiger partial charge in [-0.15, -0.1) is 0 Å². The molecule has 0 unspecified atom stereocenters. The molecular formula is C15H17NO3. The first-order valence-corrected chi connectivity index (χ1v) is 5.94. The summed E-state index contributed by atoms with van der Waals surface area (Å²) in [6, 6.07) is 15.5. The van der Waals surface area contributed by atoms with E-state index < -0.39 is 5.97 Å². The van der Waals surface area contributed by atoms with Crippen LogP contribution in [0.4, 0.5) is 5.69 Å². The average Bonchev–Trinajstić information content (AvgIpc) is 2.41. The lowest BCUT2D eigenvalue weighted by Gasteiger charge is -2.02. The Bertz CT molecular complexity index is 512. The van der Waals surface area contributed by atoms with Crippen molar-refractivity contribution in [1.82, 2.24) is 0 Å². The minimum absolute atomic E-state index is 0.313. The molecular weight excluding hydrogens is 242 g/mol. The fraction of sp³-hybridized carbons (Fsp3) is 0.133. The minimum atomic E-state index is -0.894. The first-order chi connectivity index (χ1) is 9.13. The van der Waals surface area contributed by atoms with Gasteiger partial charge < -0.3 is 15.5 Å². The molecule has 2 aromatic rings. The van der Waals surface area contributed by atoms with Crippen molar-refractivity contribution in [3.63, 3.8) is 0 Å². The molecule has 4 heteroatoms. The van der Waals surface area contributed by atoms with E-state index in [1.807, 2.05) is 19.1 Å². The highest BCUT2D eigenvalue weighted by atomic mass is 16.4. The lowest BCUT2D eigenvalue weighted by atomic mass is 10.2. The number of hydrogen-bond acceptors (Lipinski definition) is 3. The maximum atomic E-state index is 10.5. The Morgan fingerprint density at radius 3 is 2.26 bits per heavy atom. The number of rotatable bonds is 3. The Morgan fingerprint density at radius 2 is 1.79 bits per heavy atom. The summed E-state index contributed by atoms with van der Waals surface area (Å²) in [5.74, 6) is -0.572. The molecule has 0 atom stereocenters. The number of carbonyl (C=O) groups is 1. The molecule has 0 bridgehead atoms. The highest BCUT2D eigenvalue weighted by Gasteiger charge is 2.01. The number of benzene rings is 2. The first-order valence-electron chi connectivity index (χ1n) is 5.94. The lowest BCUT2D eigenvalue weighted by Crippen LogP contribution is -2.00. The van der Waals surface area contributed by atoms with E-state index in [0.29, 0.717) is 11.3 Å². The van der Waals surface area contributed by atoms with Crippen molar-refractivity contribution in [2.75, 3.05) is 11.9 Å². The van der Waals surface area contributed by atoms with E-state index in [9.17, 15) is 4.79 Å². The fourth-order valence-electron chi connectivity index (χ4n) is 1.39. The highest BCUT2D eigenvalue weighted by molar-refractivity contribution is 5.88. The summed E-state index contributed by atoms with van der Waals surface area (Å²) >= 11 is 0. The van der Waals surface area contributed by atoms with Gasteiger partial charge in [0.15, 0.2) is 0 Å².